The fourth-order valence-corrected chi connectivity index (χ4v) is 2.06. The molecule has 2 nitrogen and oxygen atoms in total. The van der Waals surface area contributed by atoms with Gasteiger partial charge in [0.1, 0.15) is 0 Å². The molecule has 0 bridgehead atoms. The van der Waals surface area contributed by atoms with Gasteiger partial charge in [-0.05, 0) is 11.7 Å². The summed E-state index contributed by atoms with van der Waals surface area (Å²) in [4.78, 5) is 0. The van der Waals surface area contributed by atoms with Crippen molar-refractivity contribution in [3.63, 3.8) is 0 Å². The molecule has 68 valence electrons. The van der Waals surface area contributed by atoms with Gasteiger partial charge in [0.15, 0.2) is 0 Å². The van der Waals surface area contributed by atoms with E-state index in [4.69, 9.17) is 5.26 Å². The van der Waals surface area contributed by atoms with Crippen LogP contribution in [-0.2, 0) is 0 Å². The number of hydrogen-bond donors (Lipinski definition) is 1. The molecule has 0 radical (unpaired) electrons. The second-order valence-corrected chi connectivity index (χ2v) is 4.26. The summed E-state index contributed by atoms with van der Waals surface area (Å²) < 4.78 is 0. The van der Waals surface area contributed by atoms with Crippen LogP contribution in [0, 0.1) is 11.3 Å². The van der Waals surface area contributed by atoms with E-state index in [1.165, 1.54) is 0 Å². The molecule has 0 aliphatic heterocycles. The Balaban J connectivity index is 2.37. The SMILES string of the molecule is N#CCCC(O)Pc1ccccc1. The van der Waals surface area contributed by atoms with Crippen LogP contribution < -0.4 is 5.30 Å². The van der Waals surface area contributed by atoms with E-state index in [1.807, 2.05) is 36.4 Å². The van der Waals surface area contributed by atoms with Crippen LogP contribution in [0.4, 0.5) is 0 Å². The van der Waals surface area contributed by atoms with Crippen molar-refractivity contribution < 1.29 is 5.11 Å². The first-order valence-corrected chi connectivity index (χ1v) is 5.27. The van der Waals surface area contributed by atoms with Crippen LogP contribution in [0.3, 0.4) is 0 Å². The quantitative estimate of drug-likeness (QED) is 0.738. The van der Waals surface area contributed by atoms with Crippen LogP contribution in [0.25, 0.3) is 0 Å². The maximum absolute atomic E-state index is 9.49. The van der Waals surface area contributed by atoms with Crippen molar-refractivity contribution in [2.75, 3.05) is 0 Å². The van der Waals surface area contributed by atoms with Crippen molar-refractivity contribution in [2.45, 2.75) is 18.7 Å². The third-order valence-electron chi connectivity index (χ3n) is 1.64. The van der Waals surface area contributed by atoms with Crippen molar-refractivity contribution in [3.05, 3.63) is 30.3 Å². The van der Waals surface area contributed by atoms with Crippen LogP contribution in [-0.4, -0.2) is 11.0 Å². The van der Waals surface area contributed by atoms with E-state index in [0.717, 1.165) is 5.30 Å². The normalized spacial score (nSPS) is 12.9. The van der Waals surface area contributed by atoms with Crippen LogP contribution in [0.5, 0.6) is 0 Å². The Morgan fingerprint density at radius 1 is 1.38 bits per heavy atom. The largest absolute Gasteiger partial charge is 0.389 e. The number of rotatable bonds is 4. The van der Waals surface area contributed by atoms with Crippen LogP contribution in [0.2, 0.25) is 0 Å². The molecular formula is C10H12NOP. The smallest absolute Gasteiger partial charge is 0.0753 e. The number of nitrogens with zero attached hydrogens (tertiary/aromatic N) is 1. The van der Waals surface area contributed by atoms with E-state index in [2.05, 4.69) is 0 Å². The molecule has 3 heteroatoms. The molecule has 2 atom stereocenters. The highest BCUT2D eigenvalue weighted by Crippen LogP contribution is 2.19. The number of benzene rings is 1. The van der Waals surface area contributed by atoms with Gasteiger partial charge in [-0.3, -0.25) is 0 Å². The van der Waals surface area contributed by atoms with Gasteiger partial charge in [-0.25, -0.2) is 0 Å². The second kappa shape index (κ2) is 5.70. The van der Waals surface area contributed by atoms with Gasteiger partial charge in [0.2, 0.25) is 0 Å². The van der Waals surface area contributed by atoms with Crippen LogP contribution in [0.15, 0.2) is 30.3 Å². The molecular weight excluding hydrogens is 181 g/mol. The summed E-state index contributed by atoms with van der Waals surface area (Å²) in [5.74, 6) is -0.359. The van der Waals surface area contributed by atoms with Crippen molar-refractivity contribution in [2.24, 2.45) is 0 Å². The number of hydrogen-bond acceptors (Lipinski definition) is 2. The van der Waals surface area contributed by atoms with Gasteiger partial charge in [-0.2, -0.15) is 5.26 Å². The minimum absolute atomic E-state index is 0.359. The fourth-order valence-electron chi connectivity index (χ4n) is 1.00. The van der Waals surface area contributed by atoms with Crippen molar-refractivity contribution >= 4 is 13.9 Å². The van der Waals surface area contributed by atoms with Gasteiger partial charge in [-0.15, -0.1) is 0 Å². The first kappa shape index (κ1) is 10.2. The van der Waals surface area contributed by atoms with E-state index < -0.39 is 0 Å². The lowest BCUT2D eigenvalue weighted by Crippen LogP contribution is -2.04. The predicted molar refractivity (Wildman–Crippen MR) is 55.2 cm³/mol. The van der Waals surface area contributed by atoms with Crippen molar-refractivity contribution in [1.82, 2.24) is 0 Å². The topological polar surface area (TPSA) is 44.0 Å². The van der Waals surface area contributed by atoms with Crippen LogP contribution in [0.1, 0.15) is 12.8 Å². The Morgan fingerprint density at radius 3 is 2.69 bits per heavy atom. The van der Waals surface area contributed by atoms with Gasteiger partial charge in [0.05, 0.1) is 11.9 Å². The van der Waals surface area contributed by atoms with E-state index in [0.29, 0.717) is 21.4 Å². The average Bonchev–Trinajstić information content (AvgIpc) is 2.16. The van der Waals surface area contributed by atoms with E-state index in [9.17, 15) is 5.11 Å². The van der Waals surface area contributed by atoms with Gasteiger partial charge in [0.25, 0.3) is 0 Å². The Labute approximate surface area is 80.0 Å². The third kappa shape index (κ3) is 4.03. The zero-order chi connectivity index (χ0) is 9.52. The Bertz CT molecular complexity index is 281. The van der Waals surface area contributed by atoms with Crippen molar-refractivity contribution in [3.8, 4) is 6.07 Å². The Morgan fingerprint density at radius 2 is 2.08 bits per heavy atom. The molecule has 2 unspecified atom stereocenters. The summed E-state index contributed by atoms with van der Waals surface area (Å²) in [6.07, 6.45) is 1.00. The van der Waals surface area contributed by atoms with Gasteiger partial charge < -0.3 is 5.11 Å². The maximum atomic E-state index is 9.49. The number of aliphatic hydroxyl groups excluding tert-OH is 1. The highest BCUT2D eigenvalue weighted by molar-refractivity contribution is 7.47. The summed E-state index contributed by atoms with van der Waals surface area (Å²) in [5, 5.41) is 19.0. The molecule has 0 spiro atoms. The number of aliphatic hydroxyl groups is 1. The number of nitriles is 1. The summed E-state index contributed by atoms with van der Waals surface area (Å²) in [6, 6.07) is 11.9. The van der Waals surface area contributed by atoms with E-state index in [-0.39, 0.29) is 5.85 Å². The molecule has 0 saturated carbocycles. The van der Waals surface area contributed by atoms with Crippen molar-refractivity contribution in [1.29, 1.82) is 5.26 Å². The third-order valence-corrected chi connectivity index (χ3v) is 2.93. The molecule has 0 aromatic heterocycles. The lowest BCUT2D eigenvalue weighted by atomic mass is 10.3. The lowest BCUT2D eigenvalue weighted by Gasteiger charge is -2.07. The van der Waals surface area contributed by atoms with Gasteiger partial charge in [0, 0.05) is 6.42 Å². The van der Waals surface area contributed by atoms with Crippen LogP contribution >= 0.6 is 8.58 Å². The fraction of sp³-hybridized carbons (Fsp3) is 0.300. The zero-order valence-corrected chi connectivity index (χ0v) is 8.27. The molecule has 0 aliphatic rings. The molecule has 1 rings (SSSR count). The summed E-state index contributed by atoms with van der Waals surface area (Å²) in [6.45, 7) is 0. The molecule has 1 aromatic carbocycles. The lowest BCUT2D eigenvalue weighted by molar-refractivity contribution is 0.252. The zero-order valence-electron chi connectivity index (χ0n) is 7.27. The molecule has 1 aromatic rings. The first-order chi connectivity index (χ1) is 6.33. The second-order valence-electron chi connectivity index (χ2n) is 2.72. The monoisotopic (exact) mass is 193 g/mol. The van der Waals surface area contributed by atoms with Gasteiger partial charge >= 0.3 is 0 Å². The molecule has 1 N–H and O–H groups in total. The molecule has 0 aliphatic carbocycles. The molecule has 0 saturated heterocycles. The predicted octanol–water partition coefficient (Wildman–Crippen LogP) is 1.61. The summed E-state index contributed by atoms with van der Waals surface area (Å²) in [5.41, 5.74) is 0. The molecule has 13 heavy (non-hydrogen) atoms. The summed E-state index contributed by atoms with van der Waals surface area (Å²) in [7, 11) is 0.393. The Kier molecular flexibility index (Phi) is 4.46. The highest BCUT2D eigenvalue weighted by atomic mass is 31.1. The molecule has 0 heterocycles. The maximum Gasteiger partial charge on any atom is 0.0753 e. The minimum atomic E-state index is -0.359. The van der Waals surface area contributed by atoms with E-state index in [1.54, 1.807) is 0 Å². The molecule has 0 amide bonds. The van der Waals surface area contributed by atoms with E-state index >= 15 is 0 Å². The standard InChI is InChI=1S/C10H12NOP/c11-8-4-7-10(12)13-9-5-2-1-3-6-9/h1-3,5-6,10,12-13H,4,7H2. The summed E-state index contributed by atoms with van der Waals surface area (Å²) >= 11 is 0. The molecule has 0 fully saturated rings. The minimum Gasteiger partial charge on any atom is -0.389 e. The highest BCUT2D eigenvalue weighted by Gasteiger charge is 2.03. The average molecular weight is 193 g/mol. The first-order valence-electron chi connectivity index (χ1n) is 4.19. The Hall–Kier alpha value is -0.900. The van der Waals surface area contributed by atoms with Gasteiger partial charge in [-0.1, -0.05) is 38.9 Å².